The van der Waals surface area contributed by atoms with E-state index in [1.54, 1.807) is 0 Å². The molecule has 0 saturated heterocycles. The van der Waals surface area contributed by atoms with Gasteiger partial charge in [-0.25, -0.2) is 0 Å². The average Bonchev–Trinajstić information content (AvgIpc) is 3.12. The molecule has 0 aromatic heterocycles. The molecule has 0 bridgehead atoms. The van der Waals surface area contributed by atoms with E-state index in [9.17, 15) is 5.26 Å². The smallest absolute Gasteiger partial charge is 0.101 e. The molecule has 17 heavy (non-hydrogen) atoms. The van der Waals surface area contributed by atoms with Crippen molar-refractivity contribution in [2.24, 2.45) is 5.92 Å². The van der Waals surface area contributed by atoms with Crippen LogP contribution in [0.1, 0.15) is 37.3 Å². The van der Waals surface area contributed by atoms with Gasteiger partial charge in [0.25, 0.3) is 0 Å². The predicted molar refractivity (Wildman–Crippen MR) is 71.1 cm³/mol. The summed E-state index contributed by atoms with van der Waals surface area (Å²) in [5.41, 5.74) is 3.17. The van der Waals surface area contributed by atoms with Gasteiger partial charge >= 0.3 is 0 Å². The number of benzene rings is 1. The quantitative estimate of drug-likeness (QED) is 0.771. The second-order valence-electron chi connectivity index (χ2n) is 5.02. The normalized spacial score (nSPS) is 14.4. The van der Waals surface area contributed by atoms with Crippen LogP contribution in [0.5, 0.6) is 0 Å². The molecule has 0 amide bonds. The zero-order chi connectivity index (χ0) is 12.3. The Hall–Kier alpha value is -1.49. The number of hydrogen-bond acceptors (Lipinski definition) is 2. The average molecular weight is 228 g/mol. The number of nitrogens with zero attached hydrogens (tertiary/aromatic N) is 2. The SMILES string of the molecule is CCCN(CC1CC1)c1cc(C)ccc1C#N. The summed E-state index contributed by atoms with van der Waals surface area (Å²) in [4.78, 5) is 2.39. The molecule has 90 valence electrons. The molecule has 1 aliphatic carbocycles. The fourth-order valence-corrected chi connectivity index (χ4v) is 2.19. The van der Waals surface area contributed by atoms with Gasteiger partial charge in [-0.05, 0) is 49.8 Å². The minimum Gasteiger partial charge on any atom is -0.370 e. The zero-order valence-corrected chi connectivity index (χ0v) is 10.7. The molecule has 0 unspecified atom stereocenters. The number of anilines is 1. The van der Waals surface area contributed by atoms with Crippen molar-refractivity contribution in [3.05, 3.63) is 29.3 Å². The van der Waals surface area contributed by atoms with Crippen LogP contribution in [0.2, 0.25) is 0 Å². The van der Waals surface area contributed by atoms with Gasteiger partial charge in [0.15, 0.2) is 0 Å². The van der Waals surface area contributed by atoms with Crippen molar-refractivity contribution < 1.29 is 0 Å². The highest BCUT2D eigenvalue weighted by Gasteiger charge is 2.25. The molecule has 2 heteroatoms. The molecule has 0 radical (unpaired) electrons. The highest BCUT2D eigenvalue weighted by molar-refractivity contribution is 5.60. The lowest BCUT2D eigenvalue weighted by atomic mass is 10.1. The van der Waals surface area contributed by atoms with Gasteiger partial charge in [-0.3, -0.25) is 0 Å². The van der Waals surface area contributed by atoms with Crippen molar-refractivity contribution in [2.45, 2.75) is 33.1 Å². The Balaban J connectivity index is 2.26. The third-order valence-corrected chi connectivity index (χ3v) is 3.28. The van der Waals surface area contributed by atoms with Crippen LogP contribution in [-0.4, -0.2) is 13.1 Å². The minimum atomic E-state index is 0.810. The fourth-order valence-electron chi connectivity index (χ4n) is 2.19. The fraction of sp³-hybridized carbons (Fsp3) is 0.533. The van der Waals surface area contributed by atoms with Crippen LogP contribution in [0, 0.1) is 24.2 Å². The molecular formula is C15H20N2. The lowest BCUT2D eigenvalue weighted by Crippen LogP contribution is -2.27. The van der Waals surface area contributed by atoms with Crippen molar-refractivity contribution in [3.63, 3.8) is 0 Å². The first-order valence-electron chi connectivity index (χ1n) is 6.50. The Kier molecular flexibility index (Phi) is 3.68. The lowest BCUT2D eigenvalue weighted by Gasteiger charge is -2.25. The van der Waals surface area contributed by atoms with Crippen LogP contribution < -0.4 is 4.90 Å². The number of aryl methyl sites for hydroxylation is 1. The Bertz CT molecular complexity index is 427. The predicted octanol–water partition coefficient (Wildman–Crippen LogP) is 3.49. The van der Waals surface area contributed by atoms with Crippen molar-refractivity contribution in [2.75, 3.05) is 18.0 Å². The summed E-state index contributed by atoms with van der Waals surface area (Å²) >= 11 is 0. The summed E-state index contributed by atoms with van der Waals surface area (Å²) in [7, 11) is 0. The molecule has 1 aromatic carbocycles. The second kappa shape index (κ2) is 5.23. The lowest BCUT2D eigenvalue weighted by molar-refractivity contribution is 0.707. The molecule has 1 aromatic rings. The third kappa shape index (κ3) is 3.00. The standard InChI is InChI=1S/C15H20N2/c1-3-8-17(11-13-5-6-13)15-9-12(2)4-7-14(15)10-16/h4,7,9,13H,3,5-6,8,11H2,1-2H3. The highest BCUT2D eigenvalue weighted by atomic mass is 15.1. The molecule has 2 nitrogen and oxygen atoms in total. The Labute approximate surface area is 104 Å². The van der Waals surface area contributed by atoms with Gasteiger partial charge in [-0.15, -0.1) is 0 Å². The number of hydrogen-bond donors (Lipinski definition) is 0. The Morgan fingerprint density at radius 1 is 1.41 bits per heavy atom. The summed E-state index contributed by atoms with van der Waals surface area (Å²) in [6.07, 6.45) is 3.84. The molecule has 0 spiro atoms. The summed E-state index contributed by atoms with van der Waals surface area (Å²) in [6.45, 7) is 6.45. The first-order valence-corrected chi connectivity index (χ1v) is 6.50. The van der Waals surface area contributed by atoms with Gasteiger partial charge in [-0.2, -0.15) is 5.26 Å². The van der Waals surface area contributed by atoms with Crippen LogP contribution in [0.25, 0.3) is 0 Å². The van der Waals surface area contributed by atoms with Gasteiger partial charge in [0.05, 0.1) is 11.3 Å². The molecule has 0 aliphatic heterocycles. The van der Waals surface area contributed by atoms with Crippen LogP contribution in [0.4, 0.5) is 5.69 Å². The van der Waals surface area contributed by atoms with Gasteiger partial charge in [-0.1, -0.05) is 13.0 Å². The van der Waals surface area contributed by atoms with Crippen molar-refractivity contribution in [1.82, 2.24) is 0 Å². The minimum absolute atomic E-state index is 0.810. The molecule has 2 rings (SSSR count). The summed E-state index contributed by atoms with van der Waals surface area (Å²) < 4.78 is 0. The molecule has 0 atom stereocenters. The van der Waals surface area contributed by atoms with Crippen LogP contribution in [0.3, 0.4) is 0 Å². The van der Waals surface area contributed by atoms with Gasteiger partial charge < -0.3 is 4.90 Å². The van der Waals surface area contributed by atoms with E-state index in [1.165, 1.54) is 18.4 Å². The first kappa shape index (κ1) is 12.0. The Morgan fingerprint density at radius 2 is 2.18 bits per heavy atom. The van der Waals surface area contributed by atoms with E-state index in [0.717, 1.165) is 36.7 Å². The molecule has 1 fully saturated rings. The molecule has 1 aliphatic rings. The largest absolute Gasteiger partial charge is 0.370 e. The van der Waals surface area contributed by atoms with Crippen molar-refractivity contribution in [1.29, 1.82) is 5.26 Å². The second-order valence-corrected chi connectivity index (χ2v) is 5.02. The van der Waals surface area contributed by atoms with E-state index in [4.69, 9.17) is 0 Å². The molecule has 0 heterocycles. The molecule has 1 saturated carbocycles. The van der Waals surface area contributed by atoms with Crippen LogP contribution in [-0.2, 0) is 0 Å². The maximum Gasteiger partial charge on any atom is 0.101 e. The van der Waals surface area contributed by atoms with Gasteiger partial charge in [0.2, 0.25) is 0 Å². The van der Waals surface area contributed by atoms with E-state index in [1.807, 2.05) is 12.1 Å². The van der Waals surface area contributed by atoms with Crippen molar-refractivity contribution in [3.8, 4) is 6.07 Å². The zero-order valence-electron chi connectivity index (χ0n) is 10.7. The van der Waals surface area contributed by atoms with E-state index in [-0.39, 0.29) is 0 Å². The first-order chi connectivity index (χ1) is 8.24. The summed E-state index contributed by atoms with van der Waals surface area (Å²) in [6, 6.07) is 8.42. The summed E-state index contributed by atoms with van der Waals surface area (Å²) in [5, 5.41) is 9.20. The topological polar surface area (TPSA) is 27.0 Å². The third-order valence-electron chi connectivity index (χ3n) is 3.28. The monoisotopic (exact) mass is 228 g/mol. The Morgan fingerprint density at radius 3 is 2.76 bits per heavy atom. The maximum absolute atomic E-state index is 9.20. The molecular weight excluding hydrogens is 208 g/mol. The van der Waals surface area contributed by atoms with E-state index < -0.39 is 0 Å². The number of nitriles is 1. The number of rotatable bonds is 5. The van der Waals surface area contributed by atoms with E-state index in [0.29, 0.717) is 0 Å². The summed E-state index contributed by atoms with van der Waals surface area (Å²) in [5.74, 6) is 0.855. The van der Waals surface area contributed by atoms with Gasteiger partial charge in [0.1, 0.15) is 6.07 Å². The van der Waals surface area contributed by atoms with Crippen molar-refractivity contribution >= 4 is 5.69 Å². The van der Waals surface area contributed by atoms with E-state index in [2.05, 4.69) is 30.9 Å². The molecule has 0 N–H and O–H groups in total. The highest BCUT2D eigenvalue weighted by Crippen LogP contribution is 2.32. The maximum atomic E-state index is 9.20. The van der Waals surface area contributed by atoms with Gasteiger partial charge in [0, 0.05) is 13.1 Å². The van der Waals surface area contributed by atoms with Crippen LogP contribution >= 0.6 is 0 Å². The van der Waals surface area contributed by atoms with E-state index >= 15 is 0 Å². The van der Waals surface area contributed by atoms with Crippen LogP contribution in [0.15, 0.2) is 18.2 Å².